The molecule has 1 fully saturated rings. The lowest BCUT2D eigenvalue weighted by molar-refractivity contribution is 0.0691. The number of fused-ring (bicyclic) bond motifs is 1. The van der Waals surface area contributed by atoms with Crippen molar-refractivity contribution in [1.29, 1.82) is 0 Å². The summed E-state index contributed by atoms with van der Waals surface area (Å²) >= 11 is 0. The van der Waals surface area contributed by atoms with Crippen LogP contribution in [-0.2, 0) is 11.3 Å². The Balaban J connectivity index is 0.000000412. The number of halogens is 2. The van der Waals surface area contributed by atoms with Crippen molar-refractivity contribution < 1.29 is 9.47 Å². The summed E-state index contributed by atoms with van der Waals surface area (Å²) in [6.45, 7) is 10.4. The molecule has 2 aromatic rings. The highest BCUT2D eigenvalue weighted by Crippen LogP contribution is 2.32. The van der Waals surface area contributed by atoms with Crippen molar-refractivity contribution >= 4 is 24.8 Å². The third-order valence-corrected chi connectivity index (χ3v) is 5.78. The van der Waals surface area contributed by atoms with Crippen LogP contribution in [0, 0.1) is 0 Å². The summed E-state index contributed by atoms with van der Waals surface area (Å²) in [4.78, 5) is 4.98. The molecule has 33 heavy (non-hydrogen) atoms. The molecule has 5 rings (SSSR count). The van der Waals surface area contributed by atoms with E-state index in [2.05, 4.69) is 47.1 Å². The fourth-order valence-corrected chi connectivity index (χ4v) is 3.72. The van der Waals surface area contributed by atoms with E-state index in [1.54, 1.807) is 0 Å². The van der Waals surface area contributed by atoms with E-state index < -0.39 is 0 Å². The molecule has 2 aliphatic carbocycles. The summed E-state index contributed by atoms with van der Waals surface area (Å²) in [5, 5.41) is 0. The molecule has 0 N–H and O–H groups in total. The van der Waals surface area contributed by atoms with Gasteiger partial charge in [0.1, 0.15) is 11.5 Å². The first-order valence-corrected chi connectivity index (χ1v) is 11.3. The van der Waals surface area contributed by atoms with Crippen LogP contribution in [0.4, 0.5) is 0 Å². The second-order valence-corrected chi connectivity index (χ2v) is 7.93. The zero-order valence-electron chi connectivity index (χ0n) is 19.2. The zero-order valence-corrected chi connectivity index (χ0v) is 20.8. The van der Waals surface area contributed by atoms with Gasteiger partial charge in [-0.1, -0.05) is 61.5 Å². The number of hydrogen-bond acceptors (Lipinski definition) is 4. The van der Waals surface area contributed by atoms with Gasteiger partial charge in [-0.3, -0.25) is 4.90 Å². The second kappa shape index (κ2) is 14.2. The molecular weight excluding hydrogens is 455 g/mol. The minimum absolute atomic E-state index is 0. The molecule has 0 atom stereocenters. The van der Waals surface area contributed by atoms with E-state index in [1.165, 1.54) is 24.2 Å². The van der Waals surface area contributed by atoms with Crippen LogP contribution in [0.1, 0.15) is 12.5 Å². The molecule has 4 nitrogen and oxygen atoms in total. The van der Waals surface area contributed by atoms with Crippen molar-refractivity contribution in [1.82, 2.24) is 9.80 Å². The molecule has 0 radical (unpaired) electrons. The molecule has 2 aromatic carbocycles. The lowest BCUT2D eigenvalue weighted by Gasteiger charge is -2.33. The van der Waals surface area contributed by atoms with Crippen molar-refractivity contribution in [3.8, 4) is 22.6 Å². The van der Waals surface area contributed by atoms with Crippen LogP contribution in [0.15, 0.2) is 78.9 Å². The Hall–Kier alpha value is -2.08. The van der Waals surface area contributed by atoms with Gasteiger partial charge in [0.2, 0.25) is 0 Å². The average molecular weight is 489 g/mol. The molecule has 0 aromatic heterocycles. The number of nitrogens with zero attached hydrogens (tertiary/aromatic N) is 2. The predicted molar refractivity (Wildman–Crippen MR) is 141 cm³/mol. The molecule has 1 heterocycles. The number of likely N-dealkylation sites (N-methyl/N-ethyl adjacent to an activating group) is 1. The largest absolute Gasteiger partial charge is 0.457 e. The molecule has 3 aliphatic rings. The van der Waals surface area contributed by atoms with E-state index in [-0.39, 0.29) is 24.8 Å². The van der Waals surface area contributed by atoms with Gasteiger partial charge in [0.25, 0.3) is 0 Å². The second-order valence-electron chi connectivity index (χ2n) is 7.93. The maximum atomic E-state index is 5.98. The van der Waals surface area contributed by atoms with Gasteiger partial charge in [0.05, 0.1) is 13.2 Å². The molecule has 1 saturated heterocycles. The standard InChI is InChI=1S/C21H28N2O2.C6H4.2ClH/c1-2-22-12-14-23(15-13-22)16-17-24-18-19-8-6-7-11-21(19)25-20-9-4-3-5-10-20;1-2-5-4-6(5)3-1;;/h3-11H,2,12-18H2,1H3;1-4H;2*1H. The molecule has 0 spiro atoms. The molecule has 6 heteroatoms. The van der Waals surface area contributed by atoms with Crippen molar-refractivity contribution in [2.45, 2.75) is 13.5 Å². The van der Waals surface area contributed by atoms with Gasteiger partial charge in [0, 0.05) is 38.3 Å². The van der Waals surface area contributed by atoms with E-state index in [4.69, 9.17) is 9.47 Å². The average Bonchev–Trinajstić information content (AvgIpc) is 3.43. The van der Waals surface area contributed by atoms with Crippen LogP contribution < -0.4 is 4.74 Å². The Morgan fingerprint density at radius 2 is 1.36 bits per heavy atom. The molecule has 0 unspecified atom stereocenters. The Morgan fingerprint density at radius 3 is 1.97 bits per heavy atom. The highest BCUT2D eigenvalue weighted by Gasteiger charge is 2.15. The van der Waals surface area contributed by atoms with Crippen LogP contribution in [-0.4, -0.2) is 55.7 Å². The summed E-state index contributed by atoms with van der Waals surface area (Å²) in [6, 6.07) is 26.4. The molecule has 0 bridgehead atoms. The quantitative estimate of drug-likeness (QED) is 0.278. The number of rotatable bonds is 8. The van der Waals surface area contributed by atoms with Crippen LogP contribution in [0.5, 0.6) is 11.5 Å². The Bertz CT molecular complexity index is 930. The van der Waals surface area contributed by atoms with Gasteiger partial charge in [-0.2, -0.15) is 0 Å². The molecular formula is C27H34Cl2N2O2. The van der Waals surface area contributed by atoms with Crippen LogP contribution in [0.3, 0.4) is 0 Å². The first-order chi connectivity index (χ1) is 15.3. The maximum absolute atomic E-state index is 5.98. The minimum atomic E-state index is 0. The fraction of sp³-hybridized carbons (Fsp3) is 0.333. The minimum Gasteiger partial charge on any atom is -0.457 e. The molecule has 0 saturated carbocycles. The normalized spacial score (nSPS) is 14.2. The zero-order chi connectivity index (χ0) is 21.3. The fourth-order valence-electron chi connectivity index (χ4n) is 3.72. The van der Waals surface area contributed by atoms with E-state index in [9.17, 15) is 0 Å². The monoisotopic (exact) mass is 488 g/mol. The van der Waals surface area contributed by atoms with E-state index in [0.29, 0.717) is 6.61 Å². The third-order valence-electron chi connectivity index (χ3n) is 5.78. The number of ether oxygens (including phenoxy) is 2. The number of benzene rings is 3. The molecule has 1 aliphatic heterocycles. The summed E-state index contributed by atoms with van der Waals surface area (Å²) < 4.78 is 11.9. The third kappa shape index (κ3) is 8.65. The summed E-state index contributed by atoms with van der Waals surface area (Å²) in [7, 11) is 0. The maximum Gasteiger partial charge on any atom is 0.132 e. The SMILES string of the molecule is CCN1CCN(CCOCc2ccccc2Oc2ccccc2)CC1.Cl.Cl.c1cc2cc-2c1. The Morgan fingerprint density at radius 1 is 0.727 bits per heavy atom. The Kier molecular flexibility index (Phi) is 11.7. The van der Waals surface area contributed by atoms with Crippen molar-refractivity contribution in [2.24, 2.45) is 0 Å². The van der Waals surface area contributed by atoms with Gasteiger partial charge in [-0.25, -0.2) is 0 Å². The van der Waals surface area contributed by atoms with Crippen LogP contribution in [0.2, 0.25) is 0 Å². The van der Waals surface area contributed by atoms with Crippen molar-refractivity contribution in [3.05, 3.63) is 84.4 Å². The summed E-state index contributed by atoms with van der Waals surface area (Å²) in [5.41, 5.74) is 3.94. The van der Waals surface area contributed by atoms with E-state index >= 15 is 0 Å². The van der Waals surface area contributed by atoms with Gasteiger partial charge in [-0.05, 0) is 41.9 Å². The first-order valence-electron chi connectivity index (χ1n) is 11.3. The summed E-state index contributed by atoms with van der Waals surface area (Å²) in [5.74, 6) is 1.72. The lowest BCUT2D eigenvalue weighted by Crippen LogP contribution is -2.47. The number of para-hydroxylation sites is 2. The van der Waals surface area contributed by atoms with E-state index in [1.807, 2.05) is 48.5 Å². The van der Waals surface area contributed by atoms with Gasteiger partial charge >= 0.3 is 0 Å². The Labute approximate surface area is 210 Å². The van der Waals surface area contributed by atoms with Gasteiger partial charge in [0.15, 0.2) is 0 Å². The number of piperazine rings is 1. The summed E-state index contributed by atoms with van der Waals surface area (Å²) in [6.07, 6.45) is 0. The van der Waals surface area contributed by atoms with Gasteiger partial charge < -0.3 is 14.4 Å². The lowest BCUT2D eigenvalue weighted by atomic mass is 10.2. The topological polar surface area (TPSA) is 24.9 Å². The van der Waals surface area contributed by atoms with Crippen LogP contribution >= 0.6 is 24.8 Å². The number of hydrogen-bond donors (Lipinski definition) is 0. The highest BCUT2D eigenvalue weighted by molar-refractivity contribution is 5.85. The predicted octanol–water partition coefficient (Wildman–Crippen LogP) is 6.14. The van der Waals surface area contributed by atoms with E-state index in [0.717, 1.165) is 49.8 Å². The van der Waals surface area contributed by atoms with Crippen molar-refractivity contribution in [2.75, 3.05) is 45.9 Å². The first kappa shape index (κ1) is 27.2. The van der Waals surface area contributed by atoms with Crippen molar-refractivity contribution in [3.63, 3.8) is 0 Å². The molecule has 0 amide bonds. The molecule has 178 valence electrons. The van der Waals surface area contributed by atoms with Crippen LogP contribution in [0.25, 0.3) is 11.1 Å². The van der Waals surface area contributed by atoms with Gasteiger partial charge in [-0.15, -0.1) is 24.8 Å². The highest BCUT2D eigenvalue weighted by atomic mass is 35.5. The smallest absolute Gasteiger partial charge is 0.132 e.